The maximum atomic E-state index is 13.6. The Morgan fingerprint density at radius 3 is 1.44 bits per heavy atom. The van der Waals surface area contributed by atoms with Gasteiger partial charge in [-0.3, -0.25) is 38.4 Å². The predicted molar refractivity (Wildman–Crippen MR) is 428 cm³/mol. The van der Waals surface area contributed by atoms with E-state index in [9.17, 15) is 63.6 Å². The number of anilines is 3. The number of methoxy groups -OCH3 is 3. The van der Waals surface area contributed by atoms with Crippen molar-refractivity contribution in [2.75, 3.05) is 102 Å². The highest BCUT2D eigenvalue weighted by atomic mass is 35.5. The van der Waals surface area contributed by atoms with Gasteiger partial charge in [-0.15, -0.1) is 22.7 Å². The Morgan fingerprint density at radius 2 is 0.973 bits per heavy atom. The Balaban J connectivity index is 0.000000141. The van der Waals surface area contributed by atoms with Gasteiger partial charge in [0.05, 0.1) is 52.2 Å². The number of Topliss-reactive ketones (excluding diaryl/α,β-unsaturated/α-hetero) is 3. The van der Waals surface area contributed by atoms with Gasteiger partial charge in [0.15, 0.2) is 17.3 Å². The van der Waals surface area contributed by atoms with Gasteiger partial charge in [-0.1, -0.05) is 78.7 Å². The average molecular weight is 1650 g/mol. The minimum atomic E-state index is -4.22. The van der Waals surface area contributed by atoms with Crippen LogP contribution < -0.4 is 19.4 Å². The Hall–Kier alpha value is -9.18. The van der Waals surface area contributed by atoms with E-state index in [1.165, 1.54) is 39.9 Å². The summed E-state index contributed by atoms with van der Waals surface area (Å²) in [6.07, 6.45) is 4.96. The van der Waals surface area contributed by atoms with Crippen molar-refractivity contribution in [2.45, 2.75) is 121 Å². The topological polar surface area (TPSA) is 305 Å². The molecule has 16 rings (SSSR count). The number of hydrogen-bond acceptors (Lipinski definition) is 21. The number of benzene rings is 7. The number of ketones is 3. The van der Waals surface area contributed by atoms with Crippen LogP contribution in [0.15, 0.2) is 152 Å². The maximum Gasteiger partial charge on any atom is 0.276 e. The van der Waals surface area contributed by atoms with Crippen molar-refractivity contribution in [3.05, 3.63) is 182 Å². The molecule has 0 spiro atoms. The van der Waals surface area contributed by atoms with E-state index in [0.29, 0.717) is 131 Å². The Labute approximate surface area is 667 Å². The van der Waals surface area contributed by atoms with Gasteiger partial charge >= 0.3 is 0 Å². The summed E-state index contributed by atoms with van der Waals surface area (Å²) in [4.78, 5) is 111. The molecule has 3 saturated heterocycles. The first-order valence-corrected chi connectivity index (χ1v) is 43.8. The molecule has 31 heteroatoms. The quantitative estimate of drug-likeness (QED) is 0.0378. The molecule has 0 radical (unpaired) electrons. The van der Waals surface area contributed by atoms with E-state index in [2.05, 4.69) is 0 Å². The fourth-order valence-corrected chi connectivity index (χ4v) is 23.9. The van der Waals surface area contributed by atoms with Gasteiger partial charge in [0.1, 0.15) is 26.3 Å². The number of fused-ring (bicyclic) bond motifs is 1. The standard InChI is InChI=1S/C29H28N2O7S.C28H32N2O6S2.C25H23ClN2O6S2/c1-37-14-3-13-30-24-8-6-18(21-4-2-5-22(28(21)24)29(30)34)17-25(32)23-9-11-27(33)31(23)39(35,36)20-7-10-26-19(16-20)12-15-38-26;1-35-16-17-36-15-6-13-29-24-12-11-20(21-7-4-8-22(27(21)24)28(29)32)19-25(31)23-9-2-3-14-30(23)38(33,34)26-10-5-18-37-26;1-34-13-3-12-27-19-7-6-15(16-4-2-5-17(24(16)19)25(27)31)14-20(29)18-8-10-22(30)28(18)36(32,33)23-11-9-21(26)35-23/h2,4-8,10,16,23H,3,9,11-15,17H2,1H3;4-5,7-8,10-12,18,23H,2-3,6,9,13-17,19H2,1H3;2,4-7,9,11,18H,3,8,10,12-14H2,1H3. The number of halogens is 1. The summed E-state index contributed by atoms with van der Waals surface area (Å²) in [6, 6.07) is 35.4. The third-order valence-electron chi connectivity index (χ3n) is 21.5. The van der Waals surface area contributed by atoms with Gasteiger partial charge in [0.2, 0.25) is 11.8 Å². The van der Waals surface area contributed by atoms with Crippen LogP contribution in [0.5, 0.6) is 5.75 Å². The predicted octanol–water partition coefficient (Wildman–Crippen LogP) is 11.6. The zero-order valence-corrected chi connectivity index (χ0v) is 67.2. The van der Waals surface area contributed by atoms with Crippen LogP contribution in [0.1, 0.15) is 118 Å². The Kier molecular flexibility index (Phi) is 24.3. The summed E-state index contributed by atoms with van der Waals surface area (Å²) in [5.41, 5.74) is 7.16. The largest absolute Gasteiger partial charge is 0.493 e. The first-order valence-electron chi connectivity index (χ1n) is 37.4. The molecule has 0 saturated carbocycles. The molecular weight excluding hydrogens is 1570 g/mol. The third kappa shape index (κ3) is 15.7. The number of carbonyl (C=O) groups is 8. The molecule has 7 aliphatic rings. The van der Waals surface area contributed by atoms with Crippen LogP contribution in [-0.2, 0) is 98.7 Å². The molecule has 3 unspecified atom stereocenters. The lowest BCUT2D eigenvalue weighted by Crippen LogP contribution is -2.48. The van der Waals surface area contributed by atoms with Crippen LogP contribution in [-0.4, -0.2) is 190 Å². The second kappa shape index (κ2) is 34.1. The van der Waals surface area contributed by atoms with Gasteiger partial charge in [-0.25, -0.2) is 33.9 Å². The van der Waals surface area contributed by atoms with E-state index < -0.39 is 60.0 Å². The lowest BCUT2D eigenvalue weighted by Gasteiger charge is -2.33. The van der Waals surface area contributed by atoms with Crippen LogP contribution in [0.25, 0.3) is 32.3 Å². The fraction of sp³-hybridized carbons (Fsp3) is 0.366. The highest BCUT2D eigenvalue weighted by molar-refractivity contribution is 7.92. The maximum absolute atomic E-state index is 13.6. The SMILES string of the molecule is COCCCN1C(=O)c2cccc3c(CC(=O)C4CCC(=O)N4S(=O)(=O)c4ccc(Cl)s4)ccc1c23.COCCCN1C(=O)c2cccc3c(CC(=O)C4CCC(=O)N4S(=O)(=O)c4ccc5c(c4)CCO5)ccc1c23.COCCOCCCN1C(=O)c2cccc3c(CC(=O)C4CCCCN4S(=O)(=O)c4cccs4)ccc1c23. The zero-order chi connectivity index (χ0) is 79.6. The number of carbonyl (C=O) groups excluding carboxylic acids is 8. The van der Waals surface area contributed by atoms with Crippen molar-refractivity contribution in [1.29, 1.82) is 0 Å². The fourth-order valence-electron chi connectivity index (χ4n) is 16.2. The third-order valence-corrected chi connectivity index (χ3v) is 30.1. The van der Waals surface area contributed by atoms with Crippen molar-refractivity contribution in [3.8, 4) is 5.75 Å². The molecular formula is C82H83ClN6O19S5. The summed E-state index contributed by atoms with van der Waals surface area (Å²) in [5, 5.41) is 6.57. The molecule has 7 aliphatic heterocycles. The summed E-state index contributed by atoms with van der Waals surface area (Å²) in [6.45, 7) is 5.04. The summed E-state index contributed by atoms with van der Waals surface area (Å²) in [7, 11) is -7.27. The normalized spacial score (nSPS) is 17.9. The van der Waals surface area contributed by atoms with E-state index in [0.717, 1.165) is 93.3 Å². The van der Waals surface area contributed by atoms with Crippen LogP contribution in [0.3, 0.4) is 0 Å². The Morgan fingerprint density at radius 1 is 0.487 bits per heavy atom. The number of hydrogen-bond donors (Lipinski definition) is 0. The second-order valence-corrected chi connectivity index (χ2v) is 37.0. The van der Waals surface area contributed by atoms with E-state index in [1.54, 1.807) is 89.9 Å². The van der Waals surface area contributed by atoms with Gasteiger partial charge in [-0.2, -0.15) is 4.31 Å². The van der Waals surface area contributed by atoms with Crippen molar-refractivity contribution < 1.29 is 87.3 Å². The molecule has 0 N–H and O–H groups in total. The van der Waals surface area contributed by atoms with Crippen LogP contribution in [0, 0.1) is 0 Å². The molecule has 3 atom stereocenters. The number of piperidine rings is 1. The molecule has 0 aliphatic carbocycles. The highest BCUT2D eigenvalue weighted by Gasteiger charge is 2.47. The Bertz CT molecular complexity index is 5640. The molecule has 592 valence electrons. The minimum Gasteiger partial charge on any atom is -0.493 e. The summed E-state index contributed by atoms with van der Waals surface area (Å²) in [5.74, 6) is -1.61. The molecule has 113 heavy (non-hydrogen) atoms. The van der Waals surface area contributed by atoms with Crippen LogP contribution in [0.2, 0.25) is 4.34 Å². The summed E-state index contributed by atoms with van der Waals surface area (Å²) >= 11 is 7.93. The smallest absolute Gasteiger partial charge is 0.276 e. The number of sulfonamides is 3. The van der Waals surface area contributed by atoms with Crippen molar-refractivity contribution in [3.63, 3.8) is 0 Å². The number of amides is 5. The molecule has 3 fully saturated rings. The number of thiophene rings is 2. The highest BCUT2D eigenvalue weighted by Crippen LogP contribution is 2.45. The monoisotopic (exact) mass is 1650 g/mol. The van der Waals surface area contributed by atoms with Crippen LogP contribution in [0.4, 0.5) is 17.1 Å². The van der Waals surface area contributed by atoms with Crippen molar-refractivity contribution in [1.82, 2.24) is 12.9 Å². The second-order valence-electron chi connectivity index (χ2n) is 28.4. The molecule has 2 aromatic heterocycles. The first kappa shape index (κ1) is 80.4. The molecule has 9 heterocycles. The van der Waals surface area contributed by atoms with Gasteiger partial charge < -0.3 is 38.4 Å². The molecule has 7 aromatic carbocycles. The van der Waals surface area contributed by atoms with E-state index in [-0.39, 0.29) is 97.7 Å². The first-order chi connectivity index (χ1) is 54.5. The van der Waals surface area contributed by atoms with Crippen LogP contribution >= 0.6 is 34.3 Å². The molecule has 5 amide bonds. The van der Waals surface area contributed by atoms with Gasteiger partial charge in [0.25, 0.3) is 47.8 Å². The van der Waals surface area contributed by atoms with E-state index in [1.807, 2.05) is 60.7 Å². The lowest BCUT2D eigenvalue weighted by molar-refractivity contribution is -0.129. The average Bonchev–Trinajstić information content (AvgIpc) is 1.61. The lowest BCUT2D eigenvalue weighted by atomic mass is 9.93. The van der Waals surface area contributed by atoms with E-state index in [4.69, 9.17) is 35.3 Å². The molecule has 9 aromatic rings. The van der Waals surface area contributed by atoms with Gasteiger partial charge in [0, 0.05) is 139 Å². The number of rotatable bonds is 30. The minimum absolute atomic E-state index is 0.0154. The van der Waals surface area contributed by atoms with Crippen molar-refractivity contribution >= 4 is 161 Å². The molecule has 25 nitrogen and oxygen atoms in total. The number of nitrogens with zero attached hydrogens (tertiary/aromatic N) is 6. The molecule has 0 bridgehead atoms. The van der Waals surface area contributed by atoms with Crippen molar-refractivity contribution in [2.24, 2.45) is 0 Å². The summed E-state index contributed by atoms with van der Waals surface area (Å²) < 4.78 is 110. The van der Waals surface area contributed by atoms with E-state index >= 15 is 0 Å². The van der Waals surface area contributed by atoms with Gasteiger partial charge in [-0.05, 0) is 162 Å². The zero-order valence-electron chi connectivity index (χ0n) is 62.3. The number of ether oxygens (including phenoxy) is 5.